The molecule has 9 atom stereocenters. The minimum absolute atomic E-state index is 0.0133. The number of rotatable bonds is 11. The summed E-state index contributed by atoms with van der Waals surface area (Å²) >= 11 is 0. The minimum atomic E-state index is -0.918. The zero-order valence-corrected chi connectivity index (χ0v) is 25.3. The van der Waals surface area contributed by atoms with E-state index in [0.717, 1.165) is 12.8 Å². The van der Waals surface area contributed by atoms with Crippen LogP contribution in [-0.4, -0.2) is 80.1 Å². The van der Waals surface area contributed by atoms with Gasteiger partial charge in [-0.3, -0.25) is 4.79 Å². The quantitative estimate of drug-likeness (QED) is 0.0917. The van der Waals surface area contributed by atoms with Crippen LogP contribution >= 0.6 is 0 Å². The summed E-state index contributed by atoms with van der Waals surface area (Å²) in [5.74, 6) is -2.58. The SMILES string of the molecule is COC(=O)[C@H](NC(=O)[C@H](C)N)[C@H](C)CCOC(=O)/C=C/C=C\C(=O)O[C@@H]1C[C@H]2OC3C=C(C)CC[C@]3(C)[C@]1(C)[C@]21CO1. The highest BCUT2D eigenvalue weighted by atomic mass is 16.6. The molecule has 232 valence electrons. The van der Waals surface area contributed by atoms with Crippen LogP contribution in [0.4, 0.5) is 0 Å². The number of esters is 3. The van der Waals surface area contributed by atoms with Crippen LogP contribution in [0.2, 0.25) is 0 Å². The molecule has 2 bridgehead atoms. The molecule has 4 aliphatic rings. The lowest BCUT2D eigenvalue weighted by Gasteiger charge is -2.57. The third-order valence-electron chi connectivity index (χ3n) is 9.91. The smallest absolute Gasteiger partial charge is 0.331 e. The van der Waals surface area contributed by atoms with Crippen molar-refractivity contribution in [3.05, 3.63) is 36.0 Å². The van der Waals surface area contributed by atoms with Gasteiger partial charge in [0.2, 0.25) is 5.91 Å². The molecular formula is C31H44N2O9. The molecule has 2 heterocycles. The zero-order valence-electron chi connectivity index (χ0n) is 25.3. The van der Waals surface area contributed by atoms with Gasteiger partial charge in [0.25, 0.3) is 0 Å². The number of epoxide rings is 1. The number of nitrogens with one attached hydrogen (secondary N) is 1. The van der Waals surface area contributed by atoms with Crippen LogP contribution in [0.5, 0.6) is 0 Å². The van der Waals surface area contributed by atoms with Crippen LogP contribution in [0.25, 0.3) is 0 Å². The van der Waals surface area contributed by atoms with E-state index in [9.17, 15) is 19.2 Å². The van der Waals surface area contributed by atoms with Crippen LogP contribution in [0.3, 0.4) is 0 Å². The van der Waals surface area contributed by atoms with Crippen molar-refractivity contribution in [1.29, 1.82) is 0 Å². The molecule has 11 heteroatoms. The molecule has 0 radical (unpaired) electrons. The summed E-state index contributed by atoms with van der Waals surface area (Å²) < 4.78 is 28.5. The van der Waals surface area contributed by atoms with Crippen molar-refractivity contribution in [3.63, 3.8) is 0 Å². The first-order valence-corrected chi connectivity index (χ1v) is 14.6. The van der Waals surface area contributed by atoms with Crippen molar-refractivity contribution in [1.82, 2.24) is 5.32 Å². The lowest BCUT2D eigenvalue weighted by atomic mass is 9.52. The monoisotopic (exact) mass is 588 g/mol. The summed E-state index contributed by atoms with van der Waals surface area (Å²) in [5, 5.41) is 2.56. The average Bonchev–Trinajstić information content (AvgIpc) is 3.72. The standard InChI is InChI=1S/C31H44N2O9/c1-18-11-13-29(4)21(15-18)41-23-16-22(30(29,5)31(23)17-40-31)42-25(35)10-8-7-9-24(34)39-14-12-19(2)26(28(37)38-6)33-27(36)20(3)32/h7-10,15,19-23,26H,11-14,16-17,32H2,1-6H3,(H,33,36)/b9-7+,10-8-/t19-,20+,21?,22-,23-,26-,29+,30-,31+/m1/s1. The van der Waals surface area contributed by atoms with E-state index in [1.807, 2.05) is 0 Å². The van der Waals surface area contributed by atoms with Crippen LogP contribution in [0, 0.1) is 16.7 Å². The Morgan fingerprint density at radius 3 is 2.45 bits per heavy atom. The summed E-state index contributed by atoms with van der Waals surface area (Å²) in [4.78, 5) is 49.0. The Morgan fingerprint density at radius 1 is 1.17 bits per heavy atom. The second-order valence-corrected chi connectivity index (χ2v) is 12.5. The normalized spacial score (nSPS) is 35.2. The van der Waals surface area contributed by atoms with E-state index in [0.29, 0.717) is 19.4 Å². The number of methoxy groups -OCH3 is 1. The van der Waals surface area contributed by atoms with Crippen LogP contribution in [-0.2, 0) is 42.9 Å². The third-order valence-corrected chi connectivity index (χ3v) is 9.91. The number of hydrogen-bond acceptors (Lipinski definition) is 10. The van der Waals surface area contributed by atoms with E-state index in [1.54, 1.807) is 6.92 Å². The number of nitrogens with two attached hydrogens (primary N) is 1. The van der Waals surface area contributed by atoms with Gasteiger partial charge < -0.3 is 34.7 Å². The van der Waals surface area contributed by atoms with E-state index < -0.39 is 41.5 Å². The molecule has 2 aliphatic carbocycles. The van der Waals surface area contributed by atoms with Gasteiger partial charge in [-0.15, -0.1) is 0 Å². The van der Waals surface area contributed by atoms with Gasteiger partial charge in [-0.25, -0.2) is 14.4 Å². The van der Waals surface area contributed by atoms with E-state index in [1.165, 1.54) is 43.9 Å². The summed E-state index contributed by atoms with van der Waals surface area (Å²) in [6.45, 7) is 10.4. The molecule has 3 fully saturated rings. The molecule has 4 rings (SSSR count). The largest absolute Gasteiger partial charge is 0.467 e. The highest BCUT2D eigenvalue weighted by Gasteiger charge is 2.81. The molecule has 1 amide bonds. The molecule has 3 N–H and O–H groups in total. The predicted octanol–water partition coefficient (Wildman–Crippen LogP) is 2.28. The fourth-order valence-electron chi connectivity index (χ4n) is 6.87. The predicted molar refractivity (Wildman–Crippen MR) is 152 cm³/mol. The number of fused-ring (bicyclic) bond motifs is 2. The minimum Gasteiger partial charge on any atom is -0.467 e. The first-order chi connectivity index (χ1) is 19.8. The lowest BCUT2D eigenvalue weighted by Crippen LogP contribution is -2.63. The summed E-state index contributed by atoms with van der Waals surface area (Å²) in [7, 11) is 1.23. The summed E-state index contributed by atoms with van der Waals surface area (Å²) in [6, 6.07) is -1.70. The molecule has 2 aliphatic heterocycles. The Hall–Kier alpha value is -3.02. The average molecular weight is 589 g/mol. The molecule has 0 aromatic heterocycles. The molecule has 1 saturated carbocycles. The highest BCUT2D eigenvalue weighted by Crippen LogP contribution is 2.71. The van der Waals surface area contributed by atoms with E-state index in [-0.39, 0.29) is 41.7 Å². The molecule has 2 saturated heterocycles. The maximum Gasteiger partial charge on any atom is 0.331 e. The second kappa shape index (κ2) is 12.3. The first kappa shape index (κ1) is 31.9. The van der Waals surface area contributed by atoms with Gasteiger partial charge >= 0.3 is 17.9 Å². The maximum atomic E-state index is 12.8. The summed E-state index contributed by atoms with van der Waals surface area (Å²) in [6.07, 6.45) is 9.82. The molecule has 0 aromatic carbocycles. The van der Waals surface area contributed by atoms with Crippen LogP contribution in [0.1, 0.15) is 60.3 Å². The van der Waals surface area contributed by atoms with E-state index in [2.05, 4.69) is 32.2 Å². The first-order valence-electron chi connectivity index (χ1n) is 14.6. The van der Waals surface area contributed by atoms with E-state index >= 15 is 0 Å². The van der Waals surface area contributed by atoms with Gasteiger partial charge in [-0.2, -0.15) is 0 Å². The Kier molecular flexibility index (Phi) is 9.34. The van der Waals surface area contributed by atoms with Gasteiger partial charge in [0, 0.05) is 29.4 Å². The molecule has 42 heavy (non-hydrogen) atoms. The second-order valence-electron chi connectivity index (χ2n) is 12.5. The number of amides is 1. The zero-order chi connectivity index (χ0) is 30.9. The summed E-state index contributed by atoms with van der Waals surface area (Å²) in [5.41, 5.74) is 5.86. The van der Waals surface area contributed by atoms with Crippen LogP contribution in [0.15, 0.2) is 36.0 Å². The Bertz CT molecular complexity index is 1170. The Labute approximate surface area is 247 Å². The van der Waals surface area contributed by atoms with Gasteiger partial charge in [-0.05, 0) is 39.0 Å². The van der Waals surface area contributed by atoms with Crippen molar-refractivity contribution in [2.75, 3.05) is 20.3 Å². The fourth-order valence-corrected chi connectivity index (χ4v) is 6.87. The van der Waals surface area contributed by atoms with Crippen molar-refractivity contribution in [2.45, 2.75) is 96.3 Å². The highest BCUT2D eigenvalue weighted by molar-refractivity contribution is 5.87. The van der Waals surface area contributed by atoms with Gasteiger partial charge in [0.1, 0.15) is 17.7 Å². The van der Waals surface area contributed by atoms with Crippen molar-refractivity contribution in [3.8, 4) is 0 Å². The van der Waals surface area contributed by atoms with Crippen molar-refractivity contribution < 1.29 is 42.9 Å². The lowest BCUT2D eigenvalue weighted by molar-refractivity contribution is -0.209. The van der Waals surface area contributed by atoms with E-state index in [4.69, 9.17) is 29.4 Å². The number of carbonyl (C=O) groups is 4. The van der Waals surface area contributed by atoms with Gasteiger partial charge in [-0.1, -0.05) is 44.6 Å². The van der Waals surface area contributed by atoms with Crippen LogP contribution < -0.4 is 11.1 Å². The molecular weight excluding hydrogens is 544 g/mol. The van der Waals surface area contributed by atoms with Crippen molar-refractivity contribution in [2.24, 2.45) is 22.5 Å². The number of carbonyl (C=O) groups excluding carboxylic acids is 4. The molecule has 1 unspecified atom stereocenters. The number of allylic oxidation sites excluding steroid dienone is 3. The van der Waals surface area contributed by atoms with Crippen molar-refractivity contribution >= 4 is 23.8 Å². The molecule has 1 spiro atoms. The van der Waals surface area contributed by atoms with Gasteiger partial charge in [0.15, 0.2) is 0 Å². The Balaban J connectivity index is 1.27. The number of hydrogen-bond donors (Lipinski definition) is 2. The topological polar surface area (TPSA) is 156 Å². The van der Waals surface area contributed by atoms with Gasteiger partial charge in [0.05, 0.1) is 38.6 Å². The number of ether oxygens (including phenoxy) is 5. The maximum absolute atomic E-state index is 12.8. The third kappa shape index (κ3) is 5.78. The molecule has 0 aromatic rings. The Morgan fingerprint density at radius 2 is 1.83 bits per heavy atom. The fraction of sp³-hybridized carbons (Fsp3) is 0.677. The molecule has 11 nitrogen and oxygen atoms in total.